The van der Waals surface area contributed by atoms with Gasteiger partial charge in [0.2, 0.25) is 0 Å². The van der Waals surface area contributed by atoms with Crippen LogP contribution < -0.4 is 0 Å². The molecule has 0 atom stereocenters. The number of ether oxygens (including phenoxy) is 1. The molecule has 0 aromatic carbocycles. The van der Waals surface area contributed by atoms with E-state index in [1.807, 2.05) is 0 Å². The summed E-state index contributed by atoms with van der Waals surface area (Å²) in [5, 5.41) is 0.306. The van der Waals surface area contributed by atoms with Crippen molar-refractivity contribution in [2.24, 2.45) is 0 Å². The Hall–Kier alpha value is -0.750. The molecule has 0 spiro atoms. The van der Waals surface area contributed by atoms with Crippen molar-refractivity contribution >= 4 is 33.5 Å². The first-order valence-corrected chi connectivity index (χ1v) is 5.62. The predicted octanol–water partition coefficient (Wildman–Crippen LogP) is 3.35. The highest BCUT2D eigenvalue weighted by atomic mass is 79.9. The number of hydrogen-bond donors (Lipinski definition) is 0. The van der Waals surface area contributed by atoms with Crippen LogP contribution in [0, 0.1) is 0 Å². The van der Waals surface area contributed by atoms with Crippen molar-refractivity contribution in [1.29, 1.82) is 0 Å². The van der Waals surface area contributed by atoms with E-state index in [1.54, 1.807) is 0 Å². The standard InChI is InChI=1S/C9H7BrClF2NO2/c1-16-9(15)6-4(2-10)5(11)3-14-7(6)8(12)13/h3,8H,2H2,1H3. The Morgan fingerprint density at radius 2 is 2.31 bits per heavy atom. The van der Waals surface area contributed by atoms with Crippen molar-refractivity contribution in [3.05, 3.63) is 28.0 Å². The van der Waals surface area contributed by atoms with Crippen LogP contribution in [-0.4, -0.2) is 18.1 Å². The van der Waals surface area contributed by atoms with Crippen LogP contribution in [0.15, 0.2) is 6.20 Å². The van der Waals surface area contributed by atoms with Gasteiger partial charge < -0.3 is 4.74 Å². The minimum absolute atomic E-state index is 0.140. The van der Waals surface area contributed by atoms with Crippen LogP contribution in [0.1, 0.15) is 28.0 Å². The maximum absolute atomic E-state index is 12.6. The number of alkyl halides is 3. The molecule has 0 aliphatic rings. The van der Waals surface area contributed by atoms with E-state index in [0.717, 1.165) is 13.3 Å². The zero-order valence-corrected chi connectivity index (χ0v) is 10.5. The van der Waals surface area contributed by atoms with Gasteiger partial charge in [0.25, 0.3) is 6.43 Å². The summed E-state index contributed by atoms with van der Waals surface area (Å²) in [7, 11) is 1.11. The first kappa shape index (κ1) is 13.3. The highest BCUT2D eigenvalue weighted by Crippen LogP contribution is 2.29. The molecule has 0 fully saturated rings. The summed E-state index contributed by atoms with van der Waals surface area (Å²) in [4.78, 5) is 14.8. The summed E-state index contributed by atoms with van der Waals surface area (Å²) < 4.78 is 29.7. The fraction of sp³-hybridized carbons (Fsp3) is 0.333. The van der Waals surface area contributed by atoms with Crippen molar-refractivity contribution in [2.45, 2.75) is 11.8 Å². The molecule has 7 heteroatoms. The fourth-order valence-corrected chi connectivity index (χ4v) is 2.12. The van der Waals surface area contributed by atoms with Crippen molar-refractivity contribution in [3.63, 3.8) is 0 Å². The minimum atomic E-state index is -2.86. The van der Waals surface area contributed by atoms with E-state index in [1.165, 1.54) is 0 Å². The number of halogens is 4. The molecule has 0 aliphatic carbocycles. The second kappa shape index (κ2) is 5.54. The van der Waals surface area contributed by atoms with E-state index in [9.17, 15) is 13.6 Å². The highest BCUT2D eigenvalue weighted by Gasteiger charge is 2.25. The molecule has 0 N–H and O–H groups in total. The van der Waals surface area contributed by atoms with Crippen LogP contribution in [-0.2, 0) is 10.1 Å². The Morgan fingerprint density at radius 3 is 2.75 bits per heavy atom. The predicted molar refractivity (Wildman–Crippen MR) is 58.2 cm³/mol. The van der Waals surface area contributed by atoms with Gasteiger partial charge in [-0.2, -0.15) is 0 Å². The zero-order valence-electron chi connectivity index (χ0n) is 8.14. The van der Waals surface area contributed by atoms with Gasteiger partial charge in [-0.3, -0.25) is 4.98 Å². The van der Waals surface area contributed by atoms with Crippen molar-refractivity contribution < 1.29 is 18.3 Å². The number of carbonyl (C=O) groups is 1. The second-order valence-corrected chi connectivity index (χ2v) is 3.74. The SMILES string of the molecule is COC(=O)c1c(C(F)F)ncc(Cl)c1CBr. The van der Waals surface area contributed by atoms with Crippen LogP contribution >= 0.6 is 27.5 Å². The quantitative estimate of drug-likeness (QED) is 0.634. The Kier molecular flexibility index (Phi) is 4.61. The van der Waals surface area contributed by atoms with Gasteiger partial charge in [0.15, 0.2) is 0 Å². The molecule has 1 rings (SSSR count). The van der Waals surface area contributed by atoms with Crippen LogP contribution in [0.25, 0.3) is 0 Å². The molecule has 16 heavy (non-hydrogen) atoms. The van der Waals surface area contributed by atoms with Gasteiger partial charge in [0, 0.05) is 11.5 Å². The molecule has 88 valence electrons. The smallest absolute Gasteiger partial charge is 0.340 e. The summed E-state index contributed by atoms with van der Waals surface area (Å²) in [6.07, 6.45) is -1.77. The number of nitrogens with zero attached hydrogens (tertiary/aromatic N) is 1. The molecule has 1 heterocycles. The second-order valence-electron chi connectivity index (χ2n) is 2.77. The molecule has 0 saturated carbocycles. The van der Waals surface area contributed by atoms with E-state index < -0.39 is 18.1 Å². The Balaban J connectivity index is 3.47. The van der Waals surface area contributed by atoms with E-state index in [4.69, 9.17) is 11.6 Å². The van der Waals surface area contributed by atoms with Gasteiger partial charge in [-0.15, -0.1) is 0 Å². The fourth-order valence-electron chi connectivity index (χ4n) is 1.17. The van der Waals surface area contributed by atoms with Crippen LogP contribution in [0.2, 0.25) is 5.02 Å². The maximum Gasteiger partial charge on any atom is 0.340 e. The summed E-state index contributed by atoms with van der Waals surface area (Å²) in [5.74, 6) is -0.875. The molecule has 3 nitrogen and oxygen atoms in total. The van der Waals surface area contributed by atoms with Crippen LogP contribution in [0.3, 0.4) is 0 Å². The van der Waals surface area contributed by atoms with Gasteiger partial charge in [-0.1, -0.05) is 27.5 Å². The van der Waals surface area contributed by atoms with E-state index in [0.29, 0.717) is 0 Å². The summed E-state index contributed by atoms with van der Waals surface area (Å²) in [6.45, 7) is 0. The van der Waals surface area contributed by atoms with Gasteiger partial charge in [-0.05, 0) is 5.56 Å². The first-order chi connectivity index (χ1) is 7.52. The monoisotopic (exact) mass is 313 g/mol. The van der Waals surface area contributed by atoms with Crippen molar-refractivity contribution in [2.75, 3.05) is 7.11 Å². The number of carbonyl (C=O) groups excluding carboxylic acids is 1. The number of aromatic nitrogens is 1. The van der Waals surface area contributed by atoms with Gasteiger partial charge in [0.1, 0.15) is 5.69 Å². The average Bonchev–Trinajstić information content (AvgIpc) is 2.27. The average molecular weight is 315 g/mol. The van der Waals surface area contributed by atoms with E-state index >= 15 is 0 Å². The van der Waals surface area contributed by atoms with Crippen LogP contribution in [0.5, 0.6) is 0 Å². The van der Waals surface area contributed by atoms with Gasteiger partial charge >= 0.3 is 5.97 Å². The minimum Gasteiger partial charge on any atom is -0.465 e. The van der Waals surface area contributed by atoms with Crippen LogP contribution in [0.4, 0.5) is 8.78 Å². The lowest BCUT2D eigenvalue weighted by atomic mass is 10.1. The molecular weight excluding hydrogens is 307 g/mol. The third kappa shape index (κ3) is 2.49. The molecule has 0 saturated heterocycles. The zero-order chi connectivity index (χ0) is 12.3. The third-order valence-corrected chi connectivity index (χ3v) is 2.78. The lowest BCUT2D eigenvalue weighted by molar-refractivity contribution is 0.0586. The maximum atomic E-state index is 12.6. The molecule has 0 bridgehead atoms. The lowest BCUT2D eigenvalue weighted by Gasteiger charge is -2.11. The molecule has 0 radical (unpaired) electrons. The molecular formula is C9H7BrClF2NO2. The largest absolute Gasteiger partial charge is 0.465 e. The third-order valence-electron chi connectivity index (χ3n) is 1.89. The number of esters is 1. The van der Waals surface area contributed by atoms with Gasteiger partial charge in [0.05, 0.1) is 17.7 Å². The Bertz CT molecular complexity index is 415. The molecule has 0 unspecified atom stereocenters. The summed E-state index contributed by atoms with van der Waals surface area (Å²) >= 11 is 8.84. The summed E-state index contributed by atoms with van der Waals surface area (Å²) in [5.41, 5.74) is -0.647. The number of methoxy groups -OCH3 is 1. The van der Waals surface area contributed by atoms with Crippen molar-refractivity contribution in [1.82, 2.24) is 4.98 Å². The molecule has 0 amide bonds. The van der Waals surface area contributed by atoms with E-state index in [2.05, 4.69) is 25.7 Å². The first-order valence-electron chi connectivity index (χ1n) is 4.12. The topological polar surface area (TPSA) is 39.2 Å². The number of pyridine rings is 1. The van der Waals surface area contributed by atoms with Crippen molar-refractivity contribution in [3.8, 4) is 0 Å². The highest BCUT2D eigenvalue weighted by molar-refractivity contribution is 9.08. The van der Waals surface area contributed by atoms with Gasteiger partial charge in [-0.25, -0.2) is 13.6 Å². The Morgan fingerprint density at radius 1 is 1.69 bits per heavy atom. The normalized spacial score (nSPS) is 10.6. The molecule has 0 aliphatic heterocycles. The molecule has 1 aromatic rings. The van der Waals surface area contributed by atoms with E-state index in [-0.39, 0.29) is 21.5 Å². The Labute approximate surface area is 104 Å². The lowest BCUT2D eigenvalue weighted by Crippen LogP contribution is -2.12. The number of hydrogen-bond acceptors (Lipinski definition) is 3. The molecule has 1 aromatic heterocycles. The number of rotatable bonds is 3. The summed E-state index contributed by atoms with van der Waals surface area (Å²) in [6, 6.07) is 0.